The van der Waals surface area contributed by atoms with E-state index in [1.807, 2.05) is 42.5 Å². The molecule has 180 valence electrons. The number of methoxy groups -OCH3 is 2. The van der Waals surface area contributed by atoms with Crippen molar-refractivity contribution < 1.29 is 19.1 Å². The fourth-order valence-corrected chi connectivity index (χ4v) is 4.81. The number of hydrogen-bond donors (Lipinski definition) is 2. The number of benzene rings is 2. The van der Waals surface area contributed by atoms with Crippen LogP contribution >= 0.6 is 11.3 Å². The summed E-state index contributed by atoms with van der Waals surface area (Å²) < 4.78 is 9.97. The van der Waals surface area contributed by atoms with Crippen molar-refractivity contribution >= 4 is 39.9 Å². The highest BCUT2D eigenvalue weighted by Crippen LogP contribution is 2.33. The van der Waals surface area contributed by atoms with Crippen LogP contribution in [0.5, 0.6) is 0 Å². The van der Waals surface area contributed by atoms with E-state index < -0.39 is 12.0 Å². The Kier molecular flexibility index (Phi) is 6.43. The lowest BCUT2D eigenvalue weighted by molar-refractivity contribution is -0.144. The van der Waals surface area contributed by atoms with Crippen LogP contribution in [-0.4, -0.2) is 70.4 Å². The Morgan fingerprint density at radius 3 is 2.80 bits per heavy atom. The minimum absolute atomic E-state index is 0.0583. The van der Waals surface area contributed by atoms with Gasteiger partial charge in [-0.15, -0.1) is 10.2 Å². The Balaban J connectivity index is 1.44. The molecule has 1 atom stereocenters. The molecular formula is C24H24N6O4S. The van der Waals surface area contributed by atoms with Gasteiger partial charge in [0, 0.05) is 31.5 Å². The van der Waals surface area contributed by atoms with Crippen molar-refractivity contribution in [2.45, 2.75) is 19.0 Å². The van der Waals surface area contributed by atoms with Gasteiger partial charge in [-0.1, -0.05) is 23.5 Å². The maximum Gasteiger partial charge on any atom is 0.308 e. The highest BCUT2D eigenvalue weighted by molar-refractivity contribution is 7.17. The van der Waals surface area contributed by atoms with Crippen LogP contribution in [0.2, 0.25) is 0 Å². The van der Waals surface area contributed by atoms with Gasteiger partial charge in [0.15, 0.2) is 10.8 Å². The lowest BCUT2D eigenvalue weighted by Crippen LogP contribution is -2.43. The van der Waals surface area contributed by atoms with Gasteiger partial charge in [-0.25, -0.2) is 4.98 Å². The average molecular weight is 493 g/mol. The number of H-pyrrole nitrogens is 1. The SMILES string of the molecule is COCCN1Cc2cc(-c3nnc(-c4nc5ccccc5[nH]4)s3)ccc2NC(CC(=O)OC)C1=O. The Morgan fingerprint density at radius 1 is 1.17 bits per heavy atom. The highest BCUT2D eigenvalue weighted by atomic mass is 32.1. The number of anilines is 1. The van der Waals surface area contributed by atoms with Crippen molar-refractivity contribution in [3.05, 3.63) is 48.0 Å². The fourth-order valence-electron chi connectivity index (χ4n) is 4.02. The van der Waals surface area contributed by atoms with E-state index >= 15 is 0 Å². The van der Waals surface area contributed by atoms with E-state index in [9.17, 15) is 9.59 Å². The van der Waals surface area contributed by atoms with Crippen LogP contribution in [0.3, 0.4) is 0 Å². The molecule has 0 bridgehead atoms. The van der Waals surface area contributed by atoms with E-state index in [1.165, 1.54) is 18.4 Å². The number of carbonyl (C=O) groups is 2. The number of aromatic nitrogens is 4. The molecule has 3 heterocycles. The summed E-state index contributed by atoms with van der Waals surface area (Å²) in [5.41, 5.74) is 4.41. The first kappa shape index (κ1) is 22.9. The number of amides is 1. The van der Waals surface area contributed by atoms with Crippen molar-refractivity contribution in [2.24, 2.45) is 0 Å². The van der Waals surface area contributed by atoms with Crippen molar-refractivity contribution in [3.63, 3.8) is 0 Å². The van der Waals surface area contributed by atoms with E-state index in [-0.39, 0.29) is 12.3 Å². The Bertz CT molecular complexity index is 1350. The molecule has 2 N–H and O–H groups in total. The highest BCUT2D eigenvalue weighted by Gasteiger charge is 2.31. The summed E-state index contributed by atoms with van der Waals surface area (Å²) in [5.74, 6) is 0.0521. The second-order valence-corrected chi connectivity index (χ2v) is 9.09. The monoisotopic (exact) mass is 492 g/mol. The maximum atomic E-state index is 13.1. The molecule has 2 aromatic heterocycles. The molecular weight excluding hydrogens is 468 g/mol. The first-order valence-electron chi connectivity index (χ1n) is 11.1. The van der Waals surface area contributed by atoms with Crippen LogP contribution in [0.25, 0.3) is 32.4 Å². The number of fused-ring (bicyclic) bond motifs is 2. The second-order valence-electron chi connectivity index (χ2n) is 8.12. The summed E-state index contributed by atoms with van der Waals surface area (Å²) in [6.45, 7) is 1.18. The topological polar surface area (TPSA) is 122 Å². The largest absolute Gasteiger partial charge is 0.469 e. The van der Waals surface area contributed by atoms with Crippen molar-refractivity contribution in [3.8, 4) is 21.4 Å². The van der Waals surface area contributed by atoms with Crippen LogP contribution in [0.15, 0.2) is 42.5 Å². The molecule has 0 spiro atoms. The Labute approximate surface area is 205 Å². The number of hydrogen-bond acceptors (Lipinski definition) is 9. The smallest absolute Gasteiger partial charge is 0.308 e. The lowest BCUT2D eigenvalue weighted by Gasteiger charge is -2.23. The molecule has 11 heteroatoms. The standard InChI is InChI=1S/C24H24N6O4S/c1-33-10-9-30-13-15-11-14(7-8-16(15)25-19(24(30)32)12-20(31)34-2)22-28-29-23(35-22)21-26-17-5-3-4-6-18(17)27-21/h3-8,11,19,25H,9-10,12-13H2,1-2H3,(H,26,27). The maximum absolute atomic E-state index is 13.1. The van der Waals surface area contributed by atoms with Gasteiger partial charge in [0.1, 0.15) is 11.0 Å². The zero-order valence-corrected chi connectivity index (χ0v) is 20.1. The molecule has 10 nitrogen and oxygen atoms in total. The molecule has 4 aromatic rings. The number of imidazole rings is 1. The van der Waals surface area contributed by atoms with E-state index in [0.29, 0.717) is 30.5 Å². The van der Waals surface area contributed by atoms with Crippen LogP contribution in [0, 0.1) is 0 Å². The van der Waals surface area contributed by atoms with Crippen LogP contribution in [-0.2, 0) is 25.6 Å². The van der Waals surface area contributed by atoms with Gasteiger partial charge in [-0.3, -0.25) is 9.59 Å². The van der Waals surface area contributed by atoms with Crippen LogP contribution < -0.4 is 5.32 Å². The summed E-state index contributed by atoms with van der Waals surface area (Å²) in [6, 6.07) is 12.9. The van der Waals surface area contributed by atoms with Gasteiger partial charge in [0.25, 0.3) is 0 Å². The van der Waals surface area contributed by atoms with E-state index in [4.69, 9.17) is 9.47 Å². The minimum Gasteiger partial charge on any atom is -0.469 e. The molecule has 0 saturated heterocycles. The molecule has 0 radical (unpaired) electrons. The number of carbonyl (C=O) groups excluding carboxylic acids is 2. The molecule has 5 rings (SSSR count). The summed E-state index contributed by atoms with van der Waals surface area (Å²) in [4.78, 5) is 34.6. The zero-order valence-electron chi connectivity index (χ0n) is 19.3. The van der Waals surface area contributed by atoms with Gasteiger partial charge in [0.05, 0.1) is 31.2 Å². The number of esters is 1. The van der Waals surface area contributed by atoms with E-state index in [0.717, 1.165) is 32.9 Å². The predicted octanol–water partition coefficient (Wildman–Crippen LogP) is 3.08. The summed E-state index contributed by atoms with van der Waals surface area (Å²) >= 11 is 1.44. The molecule has 0 saturated carbocycles. The summed E-state index contributed by atoms with van der Waals surface area (Å²) in [7, 11) is 2.90. The number of nitrogens with zero attached hydrogens (tertiary/aromatic N) is 4. The van der Waals surface area contributed by atoms with Gasteiger partial charge >= 0.3 is 5.97 Å². The molecule has 0 aliphatic carbocycles. The van der Waals surface area contributed by atoms with Crippen molar-refractivity contribution in [2.75, 3.05) is 32.7 Å². The van der Waals surface area contributed by atoms with Crippen molar-refractivity contribution in [1.82, 2.24) is 25.1 Å². The summed E-state index contributed by atoms with van der Waals surface area (Å²) in [5, 5.41) is 13.4. The quantitative estimate of drug-likeness (QED) is 0.378. The van der Waals surface area contributed by atoms with Crippen LogP contribution in [0.4, 0.5) is 5.69 Å². The van der Waals surface area contributed by atoms with Crippen molar-refractivity contribution in [1.29, 1.82) is 0 Å². The first-order valence-corrected chi connectivity index (χ1v) is 11.9. The number of para-hydroxylation sites is 2. The average Bonchev–Trinajstić information content (AvgIpc) is 3.51. The third-order valence-electron chi connectivity index (χ3n) is 5.83. The van der Waals surface area contributed by atoms with E-state index in [1.54, 1.807) is 12.0 Å². The Morgan fingerprint density at radius 2 is 2.00 bits per heavy atom. The summed E-state index contributed by atoms with van der Waals surface area (Å²) in [6.07, 6.45) is -0.0583. The minimum atomic E-state index is -0.715. The lowest BCUT2D eigenvalue weighted by atomic mass is 10.1. The molecule has 35 heavy (non-hydrogen) atoms. The molecule has 2 aromatic carbocycles. The fraction of sp³-hybridized carbons (Fsp3) is 0.292. The van der Waals surface area contributed by atoms with Gasteiger partial charge in [-0.05, 0) is 35.9 Å². The van der Waals surface area contributed by atoms with Gasteiger partial charge in [-0.2, -0.15) is 0 Å². The van der Waals surface area contributed by atoms with Gasteiger partial charge in [0.2, 0.25) is 5.91 Å². The number of aromatic amines is 1. The molecule has 1 aliphatic heterocycles. The second kappa shape index (κ2) is 9.80. The third kappa shape index (κ3) is 4.73. The first-order chi connectivity index (χ1) is 17.1. The molecule has 1 unspecified atom stereocenters. The molecule has 1 amide bonds. The molecule has 1 aliphatic rings. The molecule has 0 fully saturated rings. The predicted molar refractivity (Wildman–Crippen MR) is 132 cm³/mol. The zero-order chi connectivity index (χ0) is 24.4. The van der Waals surface area contributed by atoms with E-state index in [2.05, 4.69) is 25.5 Å². The van der Waals surface area contributed by atoms with Crippen LogP contribution in [0.1, 0.15) is 12.0 Å². The number of nitrogens with one attached hydrogen (secondary N) is 2. The number of rotatable bonds is 7. The van der Waals surface area contributed by atoms with Gasteiger partial charge < -0.3 is 24.7 Å². The third-order valence-corrected chi connectivity index (χ3v) is 6.81. The number of ether oxygens (including phenoxy) is 2. The normalized spacial score (nSPS) is 15.5. The Hall–Kier alpha value is -3.83.